The molecule has 6 heteroatoms. The minimum atomic E-state index is -0.331. The first-order valence-electron chi connectivity index (χ1n) is 7.53. The number of nitrogens with zero attached hydrogens (tertiary/aromatic N) is 2. The zero-order valence-electron chi connectivity index (χ0n) is 13.6. The van der Waals surface area contributed by atoms with Crippen molar-refractivity contribution < 1.29 is 14.1 Å². The van der Waals surface area contributed by atoms with E-state index in [0.29, 0.717) is 12.3 Å². The fourth-order valence-corrected chi connectivity index (χ4v) is 2.10. The lowest BCUT2D eigenvalue weighted by atomic mass is 10.2. The van der Waals surface area contributed by atoms with Crippen molar-refractivity contribution in [3.8, 4) is 0 Å². The minimum absolute atomic E-state index is 0.209. The number of para-hydroxylation sites is 1. The first-order chi connectivity index (χ1) is 11.0. The lowest BCUT2D eigenvalue weighted by Gasteiger charge is -2.15. The van der Waals surface area contributed by atoms with Crippen LogP contribution in [0.5, 0.6) is 0 Å². The zero-order valence-corrected chi connectivity index (χ0v) is 13.6. The molecule has 0 saturated heterocycles. The van der Waals surface area contributed by atoms with Gasteiger partial charge in [0, 0.05) is 18.8 Å². The topological polar surface area (TPSA) is 75.4 Å². The number of aromatic nitrogens is 1. The van der Waals surface area contributed by atoms with Crippen LogP contribution in [0.25, 0.3) is 0 Å². The van der Waals surface area contributed by atoms with Crippen LogP contribution < -0.4 is 5.32 Å². The number of carbonyl (C=O) groups is 2. The highest BCUT2D eigenvalue weighted by atomic mass is 16.5. The van der Waals surface area contributed by atoms with Crippen LogP contribution in [0.3, 0.4) is 0 Å². The Morgan fingerprint density at radius 2 is 2.04 bits per heavy atom. The summed E-state index contributed by atoms with van der Waals surface area (Å²) in [4.78, 5) is 25.6. The van der Waals surface area contributed by atoms with Gasteiger partial charge in [-0.25, -0.2) is 0 Å². The van der Waals surface area contributed by atoms with Gasteiger partial charge in [-0.2, -0.15) is 0 Å². The SMILES string of the molecule is CCc1cc(CN(C)C(=O)CC(=O)Nc2ccccc2C)on1. The molecule has 0 unspecified atom stereocenters. The van der Waals surface area contributed by atoms with Crippen LogP contribution >= 0.6 is 0 Å². The molecule has 0 atom stereocenters. The van der Waals surface area contributed by atoms with Gasteiger partial charge in [-0.15, -0.1) is 0 Å². The molecule has 0 saturated carbocycles. The number of benzene rings is 1. The summed E-state index contributed by atoms with van der Waals surface area (Å²) in [7, 11) is 1.64. The van der Waals surface area contributed by atoms with Gasteiger partial charge >= 0.3 is 0 Å². The van der Waals surface area contributed by atoms with Gasteiger partial charge in [-0.3, -0.25) is 9.59 Å². The fourth-order valence-electron chi connectivity index (χ4n) is 2.10. The molecule has 1 aromatic carbocycles. The summed E-state index contributed by atoms with van der Waals surface area (Å²) < 4.78 is 5.15. The molecule has 0 fully saturated rings. The van der Waals surface area contributed by atoms with E-state index in [4.69, 9.17) is 4.52 Å². The van der Waals surface area contributed by atoms with Crippen LogP contribution in [0.4, 0.5) is 5.69 Å². The molecule has 0 aliphatic carbocycles. The van der Waals surface area contributed by atoms with Crippen molar-refractivity contribution in [3.05, 3.63) is 47.3 Å². The molecule has 2 aromatic rings. The average Bonchev–Trinajstić information content (AvgIpc) is 2.97. The predicted molar refractivity (Wildman–Crippen MR) is 86.8 cm³/mol. The molecule has 2 rings (SSSR count). The first-order valence-corrected chi connectivity index (χ1v) is 7.53. The summed E-state index contributed by atoms with van der Waals surface area (Å²) in [5.41, 5.74) is 2.52. The van der Waals surface area contributed by atoms with Gasteiger partial charge < -0.3 is 14.7 Å². The maximum atomic E-state index is 12.1. The molecule has 0 bridgehead atoms. The number of carbonyl (C=O) groups excluding carboxylic acids is 2. The third kappa shape index (κ3) is 4.67. The number of anilines is 1. The number of aryl methyl sites for hydroxylation is 2. The number of hydrogen-bond donors (Lipinski definition) is 1. The second kappa shape index (κ2) is 7.58. The summed E-state index contributed by atoms with van der Waals surface area (Å²) in [6, 6.07) is 9.26. The summed E-state index contributed by atoms with van der Waals surface area (Å²) >= 11 is 0. The lowest BCUT2D eigenvalue weighted by molar-refractivity contribution is -0.134. The smallest absolute Gasteiger partial charge is 0.233 e. The van der Waals surface area contributed by atoms with E-state index in [0.717, 1.165) is 23.4 Å². The molecule has 6 nitrogen and oxygen atoms in total. The van der Waals surface area contributed by atoms with Gasteiger partial charge in [0.05, 0.1) is 12.2 Å². The van der Waals surface area contributed by atoms with Crippen molar-refractivity contribution in [3.63, 3.8) is 0 Å². The number of nitrogens with one attached hydrogen (secondary N) is 1. The molecule has 0 aliphatic heterocycles. The van der Waals surface area contributed by atoms with Crippen LogP contribution in [0, 0.1) is 6.92 Å². The molecule has 1 N–H and O–H groups in total. The Bertz CT molecular complexity index is 694. The molecule has 0 radical (unpaired) electrons. The van der Waals surface area contributed by atoms with E-state index in [1.807, 2.05) is 44.2 Å². The first kappa shape index (κ1) is 16.7. The highest BCUT2D eigenvalue weighted by Gasteiger charge is 2.16. The van der Waals surface area contributed by atoms with Crippen LogP contribution in [0.1, 0.15) is 30.4 Å². The van der Waals surface area contributed by atoms with E-state index >= 15 is 0 Å². The van der Waals surface area contributed by atoms with E-state index in [9.17, 15) is 9.59 Å². The quantitative estimate of drug-likeness (QED) is 0.831. The third-order valence-electron chi connectivity index (χ3n) is 3.52. The van der Waals surface area contributed by atoms with Crippen molar-refractivity contribution in [2.75, 3.05) is 12.4 Å². The lowest BCUT2D eigenvalue weighted by Crippen LogP contribution is -2.30. The summed E-state index contributed by atoms with van der Waals surface area (Å²) in [5, 5.41) is 6.63. The summed E-state index contributed by atoms with van der Waals surface area (Å²) in [6.07, 6.45) is 0.569. The third-order valence-corrected chi connectivity index (χ3v) is 3.52. The van der Waals surface area contributed by atoms with Gasteiger partial charge in [-0.1, -0.05) is 30.3 Å². The molecule has 23 heavy (non-hydrogen) atoms. The Morgan fingerprint density at radius 3 is 2.70 bits per heavy atom. The van der Waals surface area contributed by atoms with E-state index < -0.39 is 0 Å². The van der Waals surface area contributed by atoms with E-state index in [2.05, 4.69) is 10.5 Å². The van der Waals surface area contributed by atoms with Crippen LogP contribution in [0.2, 0.25) is 0 Å². The predicted octanol–water partition coefficient (Wildman–Crippen LogP) is 2.53. The van der Waals surface area contributed by atoms with Crippen molar-refractivity contribution in [1.82, 2.24) is 10.1 Å². The van der Waals surface area contributed by atoms with E-state index in [-0.39, 0.29) is 18.2 Å². The number of amides is 2. The monoisotopic (exact) mass is 315 g/mol. The molecular formula is C17H21N3O3. The maximum Gasteiger partial charge on any atom is 0.233 e. The number of hydrogen-bond acceptors (Lipinski definition) is 4. The normalized spacial score (nSPS) is 10.4. The highest BCUT2D eigenvalue weighted by molar-refractivity contribution is 6.03. The van der Waals surface area contributed by atoms with Crippen LogP contribution in [-0.4, -0.2) is 28.9 Å². The molecule has 1 aromatic heterocycles. The van der Waals surface area contributed by atoms with Gasteiger partial charge in [0.1, 0.15) is 6.42 Å². The van der Waals surface area contributed by atoms with E-state index in [1.165, 1.54) is 4.90 Å². The van der Waals surface area contributed by atoms with E-state index in [1.54, 1.807) is 7.05 Å². The molecular weight excluding hydrogens is 294 g/mol. The summed E-state index contributed by atoms with van der Waals surface area (Å²) in [5.74, 6) is 0.00510. The Balaban J connectivity index is 1.87. The van der Waals surface area contributed by atoms with Gasteiger partial charge in [0.15, 0.2) is 5.76 Å². The maximum absolute atomic E-state index is 12.1. The summed E-state index contributed by atoms with van der Waals surface area (Å²) in [6.45, 7) is 4.18. The Labute approximate surface area is 135 Å². The molecule has 1 heterocycles. The zero-order chi connectivity index (χ0) is 16.8. The van der Waals surface area contributed by atoms with Crippen molar-refractivity contribution >= 4 is 17.5 Å². The van der Waals surface area contributed by atoms with Crippen molar-refractivity contribution in [2.24, 2.45) is 0 Å². The van der Waals surface area contributed by atoms with Gasteiger partial charge in [-0.05, 0) is 25.0 Å². The standard InChI is InChI=1S/C17H21N3O3/c1-4-13-9-14(23-19-13)11-20(3)17(22)10-16(21)18-15-8-6-5-7-12(15)2/h5-9H,4,10-11H2,1-3H3,(H,18,21). The average molecular weight is 315 g/mol. The minimum Gasteiger partial charge on any atom is -0.359 e. The Kier molecular flexibility index (Phi) is 5.51. The molecule has 0 aliphatic rings. The van der Waals surface area contributed by atoms with Crippen molar-refractivity contribution in [1.29, 1.82) is 0 Å². The molecule has 122 valence electrons. The largest absolute Gasteiger partial charge is 0.359 e. The second-order valence-corrected chi connectivity index (χ2v) is 5.43. The number of rotatable bonds is 6. The van der Waals surface area contributed by atoms with Crippen LogP contribution in [-0.2, 0) is 22.6 Å². The van der Waals surface area contributed by atoms with Crippen molar-refractivity contribution in [2.45, 2.75) is 33.2 Å². The second-order valence-electron chi connectivity index (χ2n) is 5.43. The Hall–Kier alpha value is -2.63. The molecule has 2 amide bonds. The highest BCUT2D eigenvalue weighted by Crippen LogP contribution is 2.14. The molecule has 0 spiro atoms. The fraction of sp³-hybridized carbons (Fsp3) is 0.353. The van der Waals surface area contributed by atoms with Gasteiger partial charge in [0.2, 0.25) is 11.8 Å². The van der Waals surface area contributed by atoms with Gasteiger partial charge in [0.25, 0.3) is 0 Å². The van der Waals surface area contributed by atoms with Crippen LogP contribution in [0.15, 0.2) is 34.9 Å². The Morgan fingerprint density at radius 1 is 1.30 bits per heavy atom.